The molecule has 0 aliphatic carbocycles. The summed E-state index contributed by atoms with van der Waals surface area (Å²) in [6.45, 7) is 1.37. The van der Waals surface area contributed by atoms with Gasteiger partial charge in [0.05, 0.1) is 0 Å². The van der Waals surface area contributed by atoms with E-state index in [2.05, 4.69) is 9.97 Å². The van der Waals surface area contributed by atoms with E-state index in [1.807, 2.05) is 18.2 Å². The minimum absolute atomic E-state index is 0.0699. The Labute approximate surface area is 111 Å². The van der Waals surface area contributed by atoms with Crippen LogP contribution >= 0.6 is 0 Å². The zero-order chi connectivity index (χ0) is 13.2. The average Bonchev–Trinajstić information content (AvgIpc) is 2.38. The van der Waals surface area contributed by atoms with E-state index < -0.39 is 0 Å². The number of nitrogens with two attached hydrogens (primary N) is 1. The van der Waals surface area contributed by atoms with Crippen LogP contribution in [0.25, 0.3) is 0 Å². The molecule has 2 N–H and O–H groups in total. The largest absolute Gasteiger partial charge is 0.384 e. The molecule has 3 rings (SSSR count). The molecule has 3 heterocycles. The van der Waals surface area contributed by atoms with Gasteiger partial charge in [-0.2, -0.15) is 0 Å². The molecule has 0 radical (unpaired) electrons. The van der Waals surface area contributed by atoms with Gasteiger partial charge >= 0.3 is 0 Å². The molecule has 2 aromatic heterocycles. The van der Waals surface area contributed by atoms with Gasteiger partial charge in [0.15, 0.2) is 0 Å². The first-order chi connectivity index (χ1) is 9.24. The van der Waals surface area contributed by atoms with E-state index in [4.69, 9.17) is 5.73 Å². The predicted molar refractivity (Wildman–Crippen MR) is 71.5 cm³/mol. The highest BCUT2D eigenvalue weighted by Crippen LogP contribution is 2.26. The van der Waals surface area contributed by atoms with Gasteiger partial charge in [-0.1, -0.05) is 12.1 Å². The fourth-order valence-corrected chi connectivity index (χ4v) is 2.18. The molecule has 96 valence electrons. The quantitative estimate of drug-likeness (QED) is 0.876. The molecule has 0 aromatic carbocycles. The Morgan fingerprint density at radius 3 is 2.74 bits per heavy atom. The minimum atomic E-state index is -0.0699. The average molecular weight is 254 g/mol. The maximum absolute atomic E-state index is 12.1. The van der Waals surface area contributed by atoms with Crippen LogP contribution in [0.4, 0.5) is 5.82 Å². The molecule has 1 saturated heterocycles. The third-order valence-electron chi connectivity index (χ3n) is 3.26. The standard InChI is InChI=1S/C14H14N4O/c15-13-6-3-5-12(17-13)14(19)18-8-10(9-18)11-4-1-2-7-16-11/h1-7,10H,8-9H2,(H2,15,17). The summed E-state index contributed by atoms with van der Waals surface area (Å²) in [6.07, 6.45) is 1.78. The maximum atomic E-state index is 12.1. The van der Waals surface area contributed by atoms with Crippen molar-refractivity contribution < 1.29 is 4.79 Å². The van der Waals surface area contributed by atoms with Gasteiger partial charge in [-0.25, -0.2) is 4.98 Å². The molecule has 1 aliphatic rings. The van der Waals surface area contributed by atoms with Gasteiger partial charge < -0.3 is 10.6 Å². The Morgan fingerprint density at radius 2 is 2.05 bits per heavy atom. The van der Waals surface area contributed by atoms with E-state index in [-0.39, 0.29) is 5.91 Å². The third kappa shape index (κ3) is 2.27. The monoisotopic (exact) mass is 254 g/mol. The van der Waals surface area contributed by atoms with Crippen molar-refractivity contribution in [3.63, 3.8) is 0 Å². The smallest absolute Gasteiger partial charge is 0.272 e. The molecular weight excluding hydrogens is 240 g/mol. The molecule has 0 bridgehead atoms. The van der Waals surface area contributed by atoms with Crippen LogP contribution in [-0.4, -0.2) is 33.9 Å². The highest BCUT2D eigenvalue weighted by Gasteiger charge is 2.33. The topological polar surface area (TPSA) is 72.1 Å². The van der Waals surface area contributed by atoms with Crippen molar-refractivity contribution in [1.29, 1.82) is 0 Å². The molecule has 2 aromatic rings. The van der Waals surface area contributed by atoms with Gasteiger partial charge in [0.1, 0.15) is 11.5 Å². The van der Waals surface area contributed by atoms with E-state index in [1.54, 1.807) is 29.3 Å². The normalized spacial score (nSPS) is 15.1. The van der Waals surface area contributed by atoms with Gasteiger partial charge in [0, 0.05) is 30.9 Å². The number of aromatic nitrogens is 2. The summed E-state index contributed by atoms with van der Waals surface area (Å²) in [6, 6.07) is 10.9. The molecule has 0 spiro atoms. The summed E-state index contributed by atoms with van der Waals surface area (Å²) >= 11 is 0. The first-order valence-electron chi connectivity index (χ1n) is 6.17. The fourth-order valence-electron chi connectivity index (χ4n) is 2.18. The van der Waals surface area contributed by atoms with E-state index in [1.165, 1.54) is 0 Å². The summed E-state index contributed by atoms with van der Waals surface area (Å²) in [5.41, 5.74) is 7.02. The number of amides is 1. The molecule has 0 atom stereocenters. The lowest BCUT2D eigenvalue weighted by atomic mass is 9.95. The van der Waals surface area contributed by atoms with Crippen LogP contribution in [0.1, 0.15) is 22.1 Å². The number of anilines is 1. The summed E-state index contributed by atoms with van der Waals surface area (Å²) in [7, 11) is 0. The SMILES string of the molecule is Nc1cccc(C(=O)N2CC(c3ccccn3)C2)n1. The van der Waals surface area contributed by atoms with E-state index in [0.29, 0.717) is 30.5 Å². The summed E-state index contributed by atoms with van der Waals surface area (Å²) < 4.78 is 0. The van der Waals surface area contributed by atoms with Crippen molar-refractivity contribution in [3.8, 4) is 0 Å². The molecule has 5 nitrogen and oxygen atoms in total. The molecule has 1 aliphatic heterocycles. The Hall–Kier alpha value is -2.43. The van der Waals surface area contributed by atoms with Gasteiger partial charge in [-0.05, 0) is 24.3 Å². The number of rotatable bonds is 2. The summed E-state index contributed by atoms with van der Waals surface area (Å²) in [5, 5.41) is 0. The summed E-state index contributed by atoms with van der Waals surface area (Å²) in [5.74, 6) is 0.623. The fraction of sp³-hybridized carbons (Fsp3) is 0.214. The van der Waals surface area contributed by atoms with Crippen molar-refractivity contribution in [3.05, 3.63) is 54.0 Å². The number of hydrogen-bond donors (Lipinski definition) is 1. The Kier molecular flexibility index (Phi) is 2.87. The predicted octanol–water partition coefficient (Wildman–Crippen LogP) is 1.30. The molecule has 19 heavy (non-hydrogen) atoms. The Morgan fingerprint density at radius 1 is 1.21 bits per heavy atom. The highest BCUT2D eigenvalue weighted by atomic mass is 16.2. The van der Waals surface area contributed by atoms with Gasteiger partial charge in [0.2, 0.25) is 0 Å². The molecular formula is C14H14N4O. The zero-order valence-electron chi connectivity index (χ0n) is 10.4. The molecule has 0 saturated carbocycles. The molecule has 1 fully saturated rings. The van der Waals surface area contributed by atoms with Gasteiger partial charge in [0.25, 0.3) is 5.91 Å². The third-order valence-corrected chi connectivity index (χ3v) is 3.26. The van der Waals surface area contributed by atoms with Crippen LogP contribution < -0.4 is 5.73 Å². The lowest BCUT2D eigenvalue weighted by molar-refractivity contribution is 0.0593. The number of carbonyl (C=O) groups excluding carboxylic acids is 1. The second kappa shape index (κ2) is 4.68. The van der Waals surface area contributed by atoms with Crippen LogP contribution in [0.2, 0.25) is 0 Å². The van der Waals surface area contributed by atoms with Crippen molar-refractivity contribution >= 4 is 11.7 Å². The number of nitrogens with zero attached hydrogens (tertiary/aromatic N) is 3. The number of hydrogen-bond acceptors (Lipinski definition) is 4. The molecule has 1 amide bonds. The lowest BCUT2D eigenvalue weighted by Crippen LogP contribution is -2.48. The van der Waals surface area contributed by atoms with Gasteiger partial charge in [-0.3, -0.25) is 9.78 Å². The lowest BCUT2D eigenvalue weighted by Gasteiger charge is -2.38. The van der Waals surface area contributed by atoms with Crippen molar-refractivity contribution in [2.45, 2.75) is 5.92 Å². The van der Waals surface area contributed by atoms with Crippen LogP contribution in [0, 0.1) is 0 Å². The molecule has 0 unspecified atom stereocenters. The minimum Gasteiger partial charge on any atom is -0.384 e. The van der Waals surface area contributed by atoms with Gasteiger partial charge in [-0.15, -0.1) is 0 Å². The van der Waals surface area contributed by atoms with E-state index in [0.717, 1.165) is 5.69 Å². The number of carbonyl (C=O) groups is 1. The van der Waals surface area contributed by atoms with Crippen molar-refractivity contribution in [2.75, 3.05) is 18.8 Å². The second-order valence-corrected chi connectivity index (χ2v) is 4.61. The van der Waals surface area contributed by atoms with E-state index in [9.17, 15) is 4.79 Å². The second-order valence-electron chi connectivity index (χ2n) is 4.61. The van der Waals surface area contributed by atoms with Crippen LogP contribution in [0.3, 0.4) is 0 Å². The van der Waals surface area contributed by atoms with Crippen molar-refractivity contribution in [2.24, 2.45) is 0 Å². The van der Waals surface area contributed by atoms with Crippen LogP contribution in [-0.2, 0) is 0 Å². The summed E-state index contributed by atoms with van der Waals surface area (Å²) in [4.78, 5) is 22.3. The number of nitrogen functional groups attached to an aromatic ring is 1. The first kappa shape index (κ1) is 11.6. The van der Waals surface area contributed by atoms with Crippen molar-refractivity contribution in [1.82, 2.24) is 14.9 Å². The van der Waals surface area contributed by atoms with Crippen LogP contribution in [0.5, 0.6) is 0 Å². The number of pyridine rings is 2. The number of likely N-dealkylation sites (tertiary alicyclic amines) is 1. The first-order valence-corrected chi connectivity index (χ1v) is 6.17. The Balaban J connectivity index is 1.66. The maximum Gasteiger partial charge on any atom is 0.272 e. The highest BCUT2D eigenvalue weighted by molar-refractivity contribution is 5.93. The Bertz CT molecular complexity index is 593. The van der Waals surface area contributed by atoms with Crippen LogP contribution in [0.15, 0.2) is 42.6 Å². The molecule has 5 heteroatoms. The van der Waals surface area contributed by atoms with E-state index >= 15 is 0 Å². The zero-order valence-corrected chi connectivity index (χ0v) is 10.4.